The number of ether oxygens (including phenoxy) is 1. The molecule has 2 heterocycles. The molecule has 2 aliphatic rings. The smallest absolute Gasteiger partial charge is 0.119 e. The highest BCUT2D eigenvalue weighted by atomic mass is 16.5. The van der Waals surface area contributed by atoms with E-state index in [0.717, 1.165) is 31.4 Å². The molecule has 0 N–H and O–H groups in total. The number of piperazine rings is 1. The van der Waals surface area contributed by atoms with Crippen molar-refractivity contribution in [3.05, 3.63) is 29.8 Å². The molecule has 0 aromatic heterocycles. The fraction of sp³-hybridized carbons (Fsp3) is 0.684. The predicted octanol–water partition coefficient (Wildman–Crippen LogP) is 3.53. The molecule has 2 saturated heterocycles. The van der Waals surface area contributed by atoms with Crippen LogP contribution in [-0.4, -0.2) is 48.1 Å². The van der Waals surface area contributed by atoms with Crippen molar-refractivity contribution in [1.29, 1.82) is 0 Å². The summed E-state index contributed by atoms with van der Waals surface area (Å²) in [6.45, 7) is 10.3. The average Bonchev–Trinajstić information content (AvgIpc) is 3.01. The van der Waals surface area contributed by atoms with Gasteiger partial charge in [0.15, 0.2) is 0 Å². The lowest BCUT2D eigenvalue weighted by molar-refractivity contribution is 0.0470. The van der Waals surface area contributed by atoms with Gasteiger partial charge in [-0.15, -0.1) is 0 Å². The van der Waals surface area contributed by atoms with Gasteiger partial charge in [0.05, 0.1) is 6.61 Å². The first-order valence-corrected chi connectivity index (χ1v) is 8.98. The van der Waals surface area contributed by atoms with E-state index in [1.165, 1.54) is 44.5 Å². The Kier molecular flexibility index (Phi) is 5.37. The van der Waals surface area contributed by atoms with Gasteiger partial charge in [-0.25, -0.2) is 0 Å². The van der Waals surface area contributed by atoms with Crippen molar-refractivity contribution in [3.63, 3.8) is 0 Å². The molecular weight excluding hydrogens is 272 g/mol. The van der Waals surface area contributed by atoms with Crippen molar-refractivity contribution in [2.75, 3.05) is 26.2 Å². The summed E-state index contributed by atoms with van der Waals surface area (Å²) in [6.07, 6.45) is 5.07. The number of nitrogens with zero attached hydrogens (tertiary/aromatic N) is 2. The monoisotopic (exact) mass is 302 g/mol. The molecule has 3 rings (SSSR count). The Bertz CT molecular complexity index is 459. The highest BCUT2D eigenvalue weighted by Crippen LogP contribution is 2.27. The number of fused-ring (bicyclic) bond motifs is 1. The van der Waals surface area contributed by atoms with Gasteiger partial charge in [0.1, 0.15) is 5.75 Å². The van der Waals surface area contributed by atoms with E-state index in [0.29, 0.717) is 6.04 Å². The van der Waals surface area contributed by atoms with Crippen molar-refractivity contribution in [2.45, 2.75) is 58.2 Å². The summed E-state index contributed by atoms with van der Waals surface area (Å²) >= 11 is 0. The molecule has 2 fully saturated rings. The van der Waals surface area contributed by atoms with Gasteiger partial charge >= 0.3 is 0 Å². The van der Waals surface area contributed by atoms with E-state index in [1.54, 1.807) is 0 Å². The Morgan fingerprint density at radius 1 is 1.14 bits per heavy atom. The minimum absolute atomic E-state index is 0.678. The van der Waals surface area contributed by atoms with Crippen LogP contribution in [0.2, 0.25) is 0 Å². The molecule has 3 nitrogen and oxygen atoms in total. The Morgan fingerprint density at radius 2 is 1.95 bits per heavy atom. The van der Waals surface area contributed by atoms with Crippen molar-refractivity contribution >= 4 is 0 Å². The maximum absolute atomic E-state index is 5.75. The number of unbranched alkanes of at least 4 members (excludes halogenated alkanes) is 1. The molecule has 0 spiro atoms. The summed E-state index contributed by atoms with van der Waals surface area (Å²) in [7, 11) is 0. The minimum atomic E-state index is 0.678. The van der Waals surface area contributed by atoms with E-state index in [4.69, 9.17) is 4.74 Å². The molecule has 0 aliphatic carbocycles. The van der Waals surface area contributed by atoms with Crippen molar-refractivity contribution < 1.29 is 4.74 Å². The number of benzene rings is 1. The fourth-order valence-electron chi connectivity index (χ4n) is 3.86. The summed E-state index contributed by atoms with van der Waals surface area (Å²) in [5.41, 5.74) is 1.40. The van der Waals surface area contributed by atoms with E-state index >= 15 is 0 Å². The second kappa shape index (κ2) is 7.47. The third-order valence-electron chi connectivity index (χ3n) is 5.30. The summed E-state index contributed by atoms with van der Waals surface area (Å²) in [4.78, 5) is 5.34. The summed E-state index contributed by atoms with van der Waals surface area (Å²) < 4.78 is 5.75. The minimum Gasteiger partial charge on any atom is -0.494 e. The number of hydrogen-bond donors (Lipinski definition) is 0. The first-order valence-electron chi connectivity index (χ1n) is 8.98. The zero-order chi connectivity index (χ0) is 15.4. The predicted molar refractivity (Wildman–Crippen MR) is 91.3 cm³/mol. The molecule has 2 atom stereocenters. The molecule has 22 heavy (non-hydrogen) atoms. The van der Waals surface area contributed by atoms with Gasteiger partial charge < -0.3 is 4.74 Å². The molecule has 1 aromatic carbocycles. The molecule has 1 aromatic rings. The van der Waals surface area contributed by atoms with E-state index in [-0.39, 0.29) is 0 Å². The van der Waals surface area contributed by atoms with Crippen LogP contribution in [0.3, 0.4) is 0 Å². The second-order valence-electron chi connectivity index (χ2n) is 6.80. The van der Waals surface area contributed by atoms with Crippen molar-refractivity contribution in [1.82, 2.24) is 9.80 Å². The third-order valence-corrected chi connectivity index (χ3v) is 5.30. The summed E-state index contributed by atoms with van der Waals surface area (Å²) in [6, 6.07) is 10.2. The Labute approximate surface area is 135 Å². The Balaban J connectivity index is 1.54. The van der Waals surface area contributed by atoms with Crippen LogP contribution in [0.4, 0.5) is 0 Å². The summed E-state index contributed by atoms with van der Waals surface area (Å²) in [5.74, 6) is 1.01. The quantitative estimate of drug-likeness (QED) is 0.748. The lowest BCUT2D eigenvalue weighted by Crippen LogP contribution is -2.55. The van der Waals surface area contributed by atoms with Crippen molar-refractivity contribution in [3.8, 4) is 5.75 Å². The first-order chi connectivity index (χ1) is 10.8. The average molecular weight is 302 g/mol. The highest BCUT2D eigenvalue weighted by molar-refractivity contribution is 5.27. The molecule has 0 saturated carbocycles. The fourth-order valence-corrected chi connectivity index (χ4v) is 3.86. The normalized spacial score (nSPS) is 26.1. The Hall–Kier alpha value is -1.06. The van der Waals surface area contributed by atoms with Crippen LogP contribution in [0.1, 0.15) is 45.1 Å². The maximum atomic E-state index is 5.75. The van der Waals surface area contributed by atoms with Crippen LogP contribution in [0.25, 0.3) is 0 Å². The van der Waals surface area contributed by atoms with Gasteiger partial charge in [0.2, 0.25) is 0 Å². The Morgan fingerprint density at radius 3 is 2.73 bits per heavy atom. The van der Waals surface area contributed by atoms with Gasteiger partial charge in [-0.2, -0.15) is 0 Å². The van der Waals surface area contributed by atoms with E-state index < -0.39 is 0 Å². The summed E-state index contributed by atoms with van der Waals surface area (Å²) in [5, 5.41) is 0. The topological polar surface area (TPSA) is 15.7 Å². The van der Waals surface area contributed by atoms with Crippen molar-refractivity contribution in [2.24, 2.45) is 0 Å². The SMILES string of the molecule is CCCCOc1ccc(CN2CCN3CCC[C@H]3[C@@H]2C)cc1. The van der Waals surface area contributed by atoms with Gasteiger partial charge in [0.25, 0.3) is 0 Å². The number of hydrogen-bond acceptors (Lipinski definition) is 3. The van der Waals surface area contributed by atoms with Crippen LogP contribution in [0.15, 0.2) is 24.3 Å². The lowest BCUT2D eigenvalue weighted by atomic mass is 10.0. The standard InChI is InChI=1S/C19H30N2O/c1-3-4-14-22-18-9-7-17(8-10-18)15-21-13-12-20-11-5-6-19(20)16(21)2/h7-10,16,19H,3-6,11-15H2,1-2H3/t16-,19-/m0/s1. The molecule has 122 valence electrons. The highest BCUT2D eigenvalue weighted by Gasteiger charge is 2.36. The maximum Gasteiger partial charge on any atom is 0.119 e. The molecule has 0 amide bonds. The first kappa shape index (κ1) is 15.8. The van der Waals surface area contributed by atoms with E-state index in [9.17, 15) is 0 Å². The van der Waals surface area contributed by atoms with E-state index in [2.05, 4.69) is 47.9 Å². The molecular formula is C19H30N2O. The molecule has 3 heteroatoms. The largest absolute Gasteiger partial charge is 0.494 e. The van der Waals surface area contributed by atoms with Crippen LogP contribution < -0.4 is 4.74 Å². The molecule has 0 radical (unpaired) electrons. The lowest BCUT2D eigenvalue weighted by Gasteiger charge is -2.43. The van der Waals surface area contributed by atoms with Crippen LogP contribution in [-0.2, 0) is 6.54 Å². The van der Waals surface area contributed by atoms with Gasteiger partial charge in [0, 0.05) is 31.7 Å². The molecule has 0 unspecified atom stereocenters. The van der Waals surface area contributed by atoms with Crippen LogP contribution in [0.5, 0.6) is 5.75 Å². The third kappa shape index (κ3) is 3.64. The van der Waals surface area contributed by atoms with Gasteiger partial charge in [-0.05, 0) is 50.4 Å². The second-order valence-corrected chi connectivity index (χ2v) is 6.80. The number of rotatable bonds is 6. The van der Waals surface area contributed by atoms with E-state index in [1.807, 2.05) is 0 Å². The van der Waals surface area contributed by atoms with Crippen LogP contribution in [0, 0.1) is 0 Å². The molecule has 0 bridgehead atoms. The molecule has 2 aliphatic heterocycles. The van der Waals surface area contributed by atoms with Gasteiger partial charge in [-0.3, -0.25) is 9.80 Å². The zero-order valence-electron chi connectivity index (χ0n) is 14.1. The van der Waals surface area contributed by atoms with Crippen LogP contribution >= 0.6 is 0 Å². The van der Waals surface area contributed by atoms with Gasteiger partial charge in [-0.1, -0.05) is 25.5 Å². The zero-order valence-corrected chi connectivity index (χ0v) is 14.1.